The molecule has 1 atom stereocenters. The fraction of sp³-hybridized carbons (Fsp3) is 0.429. The third-order valence-electron chi connectivity index (χ3n) is 3.31. The molecule has 2 rings (SSSR count). The van der Waals surface area contributed by atoms with Gasteiger partial charge in [0, 0.05) is 12.3 Å². The van der Waals surface area contributed by atoms with Crippen LogP contribution in [0.25, 0.3) is 0 Å². The zero-order valence-electron chi connectivity index (χ0n) is 11.1. The second kappa shape index (κ2) is 5.21. The average Bonchev–Trinajstić information content (AvgIpc) is 2.38. The van der Waals surface area contributed by atoms with E-state index in [9.17, 15) is 0 Å². The number of hydrogen-bond donors (Lipinski definition) is 1. The van der Waals surface area contributed by atoms with Crippen LogP contribution in [0.1, 0.15) is 30.9 Å². The predicted octanol–water partition coefficient (Wildman–Crippen LogP) is 2.49. The molecule has 0 saturated carbocycles. The number of aryl methyl sites for hydroxylation is 1. The van der Waals surface area contributed by atoms with Crippen molar-refractivity contribution in [3.63, 3.8) is 0 Å². The summed E-state index contributed by atoms with van der Waals surface area (Å²) in [6.07, 6.45) is 1.81. The van der Waals surface area contributed by atoms with Crippen molar-refractivity contribution in [1.82, 2.24) is 0 Å². The molecule has 0 aromatic heterocycles. The van der Waals surface area contributed by atoms with Gasteiger partial charge in [-0.1, -0.05) is 6.92 Å². The van der Waals surface area contributed by atoms with E-state index < -0.39 is 0 Å². The molecule has 0 amide bonds. The van der Waals surface area contributed by atoms with Crippen molar-refractivity contribution >= 4 is 11.5 Å². The lowest BCUT2D eigenvalue weighted by molar-refractivity contribution is 0.411. The number of nitrogens with zero attached hydrogens (tertiary/aromatic N) is 2. The van der Waals surface area contributed by atoms with Crippen LogP contribution in [-0.4, -0.2) is 18.7 Å². The Morgan fingerprint density at radius 2 is 2.17 bits per heavy atom. The van der Waals surface area contributed by atoms with E-state index in [-0.39, 0.29) is 0 Å². The minimum absolute atomic E-state index is 0.357. The zero-order chi connectivity index (χ0) is 13.1. The van der Waals surface area contributed by atoms with Gasteiger partial charge in [0.1, 0.15) is 11.6 Å². The largest absolute Gasteiger partial charge is 0.496 e. The summed E-state index contributed by atoms with van der Waals surface area (Å²) in [7, 11) is 1.68. The quantitative estimate of drug-likeness (QED) is 0.889. The Kier molecular flexibility index (Phi) is 3.65. The van der Waals surface area contributed by atoms with E-state index in [0.717, 1.165) is 35.4 Å². The molecule has 1 aromatic rings. The van der Waals surface area contributed by atoms with Gasteiger partial charge in [-0.2, -0.15) is 5.10 Å². The van der Waals surface area contributed by atoms with Gasteiger partial charge in [-0.15, -0.1) is 5.10 Å². The monoisotopic (exact) mass is 245 g/mol. The van der Waals surface area contributed by atoms with Crippen LogP contribution in [0.3, 0.4) is 0 Å². The van der Waals surface area contributed by atoms with Crippen molar-refractivity contribution < 1.29 is 4.74 Å². The molecule has 96 valence electrons. The fourth-order valence-electron chi connectivity index (χ4n) is 2.26. The third-order valence-corrected chi connectivity index (χ3v) is 3.31. The van der Waals surface area contributed by atoms with Crippen LogP contribution in [-0.2, 0) is 0 Å². The SMILES string of the molecule is CCC1CC(N)=NN=C1c1ccc(OC)c(C)c1. The Balaban J connectivity index is 2.38. The molecule has 18 heavy (non-hydrogen) atoms. The van der Waals surface area contributed by atoms with Crippen molar-refractivity contribution in [1.29, 1.82) is 0 Å². The molecule has 1 heterocycles. The number of hydrogen-bond acceptors (Lipinski definition) is 4. The van der Waals surface area contributed by atoms with E-state index in [1.807, 2.05) is 19.1 Å². The molecule has 4 nitrogen and oxygen atoms in total. The van der Waals surface area contributed by atoms with Crippen molar-refractivity contribution in [3.8, 4) is 5.75 Å². The van der Waals surface area contributed by atoms with Crippen LogP contribution in [0.5, 0.6) is 5.75 Å². The first kappa shape index (κ1) is 12.6. The van der Waals surface area contributed by atoms with Crippen LogP contribution >= 0.6 is 0 Å². The summed E-state index contributed by atoms with van der Waals surface area (Å²) in [4.78, 5) is 0. The highest BCUT2D eigenvalue weighted by molar-refractivity contribution is 6.06. The minimum Gasteiger partial charge on any atom is -0.496 e. The summed E-state index contributed by atoms with van der Waals surface area (Å²) in [5.74, 6) is 1.87. The molecule has 0 bridgehead atoms. The molecule has 4 heteroatoms. The van der Waals surface area contributed by atoms with Crippen molar-refractivity contribution in [2.75, 3.05) is 7.11 Å². The second-order valence-electron chi connectivity index (χ2n) is 4.57. The highest BCUT2D eigenvalue weighted by Crippen LogP contribution is 2.24. The number of rotatable bonds is 3. The predicted molar refractivity (Wildman–Crippen MR) is 74.3 cm³/mol. The van der Waals surface area contributed by atoms with Gasteiger partial charge in [-0.05, 0) is 42.7 Å². The van der Waals surface area contributed by atoms with Gasteiger partial charge in [0.25, 0.3) is 0 Å². The number of nitrogens with two attached hydrogens (primary N) is 1. The summed E-state index contributed by atoms with van der Waals surface area (Å²) in [5, 5.41) is 8.28. The number of benzene rings is 1. The first-order valence-electron chi connectivity index (χ1n) is 6.20. The van der Waals surface area contributed by atoms with E-state index in [1.54, 1.807) is 7.11 Å². The Labute approximate surface area is 108 Å². The standard InChI is InChI=1S/C14H19N3O/c1-4-10-8-13(15)16-17-14(10)11-5-6-12(18-3)9(2)7-11/h5-7,10H,4,8H2,1-3H3,(H2,15,16). The van der Waals surface area contributed by atoms with E-state index in [4.69, 9.17) is 10.5 Å². The summed E-state index contributed by atoms with van der Waals surface area (Å²) in [5.41, 5.74) is 8.98. The zero-order valence-corrected chi connectivity index (χ0v) is 11.1. The molecule has 0 aliphatic carbocycles. The smallest absolute Gasteiger partial charge is 0.123 e. The Hall–Kier alpha value is -1.84. The maximum atomic E-state index is 5.74. The first-order valence-corrected chi connectivity index (χ1v) is 6.20. The first-order chi connectivity index (χ1) is 8.65. The Morgan fingerprint density at radius 1 is 1.39 bits per heavy atom. The number of amidine groups is 1. The maximum Gasteiger partial charge on any atom is 0.123 e. The molecule has 1 aliphatic heterocycles. The van der Waals surface area contributed by atoms with Gasteiger partial charge in [0.05, 0.1) is 12.8 Å². The van der Waals surface area contributed by atoms with Gasteiger partial charge < -0.3 is 10.5 Å². The molecule has 2 N–H and O–H groups in total. The lowest BCUT2D eigenvalue weighted by Crippen LogP contribution is -2.26. The van der Waals surface area contributed by atoms with E-state index in [2.05, 4.69) is 23.2 Å². The highest BCUT2D eigenvalue weighted by atomic mass is 16.5. The topological polar surface area (TPSA) is 60.0 Å². The lowest BCUT2D eigenvalue weighted by atomic mass is 9.90. The molecule has 1 aromatic carbocycles. The summed E-state index contributed by atoms with van der Waals surface area (Å²) >= 11 is 0. The van der Waals surface area contributed by atoms with Crippen LogP contribution in [0.4, 0.5) is 0 Å². The molecular weight excluding hydrogens is 226 g/mol. The lowest BCUT2D eigenvalue weighted by Gasteiger charge is -2.20. The summed E-state index contributed by atoms with van der Waals surface area (Å²) in [6, 6.07) is 6.10. The van der Waals surface area contributed by atoms with Gasteiger partial charge in [-0.3, -0.25) is 0 Å². The van der Waals surface area contributed by atoms with Crippen LogP contribution < -0.4 is 10.5 Å². The third kappa shape index (κ3) is 2.37. The molecular formula is C14H19N3O. The molecule has 0 fully saturated rings. The van der Waals surface area contributed by atoms with Crippen LogP contribution in [0.15, 0.2) is 28.4 Å². The maximum absolute atomic E-state index is 5.74. The van der Waals surface area contributed by atoms with Gasteiger partial charge >= 0.3 is 0 Å². The van der Waals surface area contributed by atoms with Crippen LogP contribution in [0.2, 0.25) is 0 Å². The van der Waals surface area contributed by atoms with Crippen LogP contribution in [0, 0.1) is 12.8 Å². The van der Waals surface area contributed by atoms with E-state index in [0.29, 0.717) is 11.8 Å². The van der Waals surface area contributed by atoms with Crippen molar-refractivity contribution in [2.24, 2.45) is 21.9 Å². The molecule has 1 unspecified atom stereocenters. The molecule has 0 saturated heterocycles. The van der Waals surface area contributed by atoms with Gasteiger partial charge in [-0.25, -0.2) is 0 Å². The minimum atomic E-state index is 0.357. The average molecular weight is 245 g/mol. The van der Waals surface area contributed by atoms with Crippen molar-refractivity contribution in [2.45, 2.75) is 26.7 Å². The Bertz CT molecular complexity index is 506. The summed E-state index contributed by atoms with van der Waals surface area (Å²) in [6.45, 7) is 4.18. The normalized spacial score (nSPS) is 19.2. The molecule has 0 radical (unpaired) electrons. The molecule has 1 aliphatic rings. The summed E-state index contributed by atoms with van der Waals surface area (Å²) < 4.78 is 5.27. The number of ether oxygens (including phenoxy) is 1. The second-order valence-corrected chi connectivity index (χ2v) is 4.57. The Morgan fingerprint density at radius 3 is 2.78 bits per heavy atom. The highest BCUT2D eigenvalue weighted by Gasteiger charge is 2.21. The van der Waals surface area contributed by atoms with Crippen molar-refractivity contribution in [3.05, 3.63) is 29.3 Å². The van der Waals surface area contributed by atoms with Gasteiger partial charge in [0.15, 0.2) is 0 Å². The molecule has 0 spiro atoms. The van der Waals surface area contributed by atoms with E-state index >= 15 is 0 Å². The van der Waals surface area contributed by atoms with Gasteiger partial charge in [0.2, 0.25) is 0 Å². The van der Waals surface area contributed by atoms with E-state index in [1.165, 1.54) is 0 Å². The number of methoxy groups -OCH3 is 1. The fourth-order valence-corrected chi connectivity index (χ4v) is 2.26.